The van der Waals surface area contributed by atoms with Gasteiger partial charge in [0.15, 0.2) is 11.6 Å². The Kier molecular flexibility index (Phi) is 3.78. The van der Waals surface area contributed by atoms with Crippen molar-refractivity contribution >= 4 is 11.9 Å². The zero-order chi connectivity index (χ0) is 14.0. The van der Waals surface area contributed by atoms with Crippen molar-refractivity contribution in [1.82, 2.24) is 4.90 Å². The number of nitrogens with zero attached hydrogens (tertiary/aromatic N) is 1. The molecule has 0 radical (unpaired) electrons. The molecule has 102 valence electrons. The average Bonchev–Trinajstić information content (AvgIpc) is 3.14. The van der Waals surface area contributed by atoms with Crippen LogP contribution in [0.1, 0.15) is 23.2 Å². The molecule has 0 unspecified atom stereocenters. The van der Waals surface area contributed by atoms with Crippen LogP contribution >= 0.6 is 0 Å². The lowest BCUT2D eigenvalue weighted by atomic mass is 10.1. The first-order valence-electron chi connectivity index (χ1n) is 5.93. The van der Waals surface area contributed by atoms with E-state index in [-0.39, 0.29) is 5.56 Å². The molecular weight excluding hydrogens is 256 g/mol. The predicted octanol–water partition coefficient (Wildman–Crippen LogP) is 1.90. The first kappa shape index (κ1) is 13.5. The maximum absolute atomic E-state index is 13.1. The molecule has 1 aliphatic carbocycles. The number of halogens is 2. The van der Waals surface area contributed by atoms with E-state index in [1.165, 1.54) is 0 Å². The molecule has 4 nitrogen and oxygen atoms in total. The molecule has 1 fully saturated rings. The summed E-state index contributed by atoms with van der Waals surface area (Å²) in [6, 6.07) is 2.81. The van der Waals surface area contributed by atoms with Gasteiger partial charge in [0, 0.05) is 12.1 Å². The summed E-state index contributed by atoms with van der Waals surface area (Å²) in [4.78, 5) is 24.0. The predicted molar refractivity (Wildman–Crippen MR) is 62.6 cm³/mol. The van der Waals surface area contributed by atoms with Gasteiger partial charge in [-0.2, -0.15) is 0 Å². The van der Waals surface area contributed by atoms with E-state index in [0.29, 0.717) is 12.5 Å². The van der Waals surface area contributed by atoms with E-state index in [0.717, 1.165) is 35.9 Å². The highest BCUT2D eigenvalue weighted by atomic mass is 19.2. The Morgan fingerprint density at radius 2 is 1.95 bits per heavy atom. The number of carbonyl (C=O) groups is 2. The van der Waals surface area contributed by atoms with Crippen LogP contribution in [0.4, 0.5) is 8.78 Å². The highest BCUT2D eigenvalue weighted by molar-refractivity contribution is 5.95. The number of benzene rings is 1. The van der Waals surface area contributed by atoms with Gasteiger partial charge >= 0.3 is 5.97 Å². The van der Waals surface area contributed by atoms with Crippen LogP contribution in [-0.2, 0) is 4.79 Å². The number of carboxylic acid groups (broad SMARTS) is 1. The van der Waals surface area contributed by atoms with Crippen molar-refractivity contribution in [3.8, 4) is 0 Å². The molecule has 0 heterocycles. The van der Waals surface area contributed by atoms with Gasteiger partial charge in [0.2, 0.25) is 0 Å². The molecule has 1 N–H and O–H groups in total. The van der Waals surface area contributed by atoms with Crippen LogP contribution < -0.4 is 0 Å². The van der Waals surface area contributed by atoms with Crippen molar-refractivity contribution in [2.75, 3.05) is 13.1 Å². The first-order valence-corrected chi connectivity index (χ1v) is 5.93. The van der Waals surface area contributed by atoms with Crippen LogP contribution in [0.3, 0.4) is 0 Å². The SMILES string of the molecule is O=C(O)CN(CC1CC1)C(=O)c1ccc(F)c(F)c1. The lowest BCUT2D eigenvalue weighted by Gasteiger charge is -2.20. The number of rotatable bonds is 5. The second kappa shape index (κ2) is 5.34. The third-order valence-electron chi connectivity index (χ3n) is 2.96. The minimum Gasteiger partial charge on any atom is -0.480 e. The zero-order valence-electron chi connectivity index (χ0n) is 10.1. The van der Waals surface area contributed by atoms with Gasteiger partial charge in [0.1, 0.15) is 6.54 Å². The fourth-order valence-electron chi connectivity index (χ4n) is 1.81. The summed E-state index contributed by atoms with van der Waals surface area (Å²) in [6.07, 6.45) is 1.92. The van der Waals surface area contributed by atoms with Gasteiger partial charge in [0.25, 0.3) is 5.91 Å². The molecule has 0 bridgehead atoms. The summed E-state index contributed by atoms with van der Waals surface area (Å²) >= 11 is 0. The molecule has 2 rings (SSSR count). The Morgan fingerprint density at radius 3 is 2.47 bits per heavy atom. The molecular formula is C13H13F2NO3. The molecule has 1 amide bonds. The maximum Gasteiger partial charge on any atom is 0.323 e. The highest BCUT2D eigenvalue weighted by Gasteiger charge is 2.28. The summed E-state index contributed by atoms with van der Waals surface area (Å²) in [5.74, 6) is -3.56. The van der Waals surface area contributed by atoms with Gasteiger partial charge in [-0.25, -0.2) is 8.78 Å². The minimum atomic E-state index is -1.13. The Morgan fingerprint density at radius 1 is 1.26 bits per heavy atom. The van der Waals surface area contributed by atoms with Crippen LogP contribution in [0.25, 0.3) is 0 Å². The Hall–Kier alpha value is -1.98. The third-order valence-corrected chi connectivity index (χ3v) is 2.96. The van der Waals surface area contributed by atoms with Gasteiger partial charge < -0.3 is 10.0 Å². The van der Waals surface area contributed by atoms with E-state index in [4.69, 9.17) is 5.11 Å². The van der Waals surface area contributed by atoms with Crippen molar-refractivity contribution < 1.29 is 23.5 Å². The standard InChI is InChI=1S/C13H13F2NO3/c14-10-4-3-9(5-11(10)15)13(19)16(7-12(17)18)6-8-1-2-8/h3-5,8H,1-2,6-7H2,(H,17,18). The number of hydrogen-bond acceptors (Lipinski definition) is 2. The summed E-state index contributed by atoms with van der Waals surface area (Å²) < 4.78 is 25.9. The van der Waals surface area contributed by atoms with Gasteiger partial charge in [-0.15, -0.1) is 0 Å². The number of hydrogen-bond donors (Lipinski definition) is 1. The Labute approximate surface area is 108 Å². The van der Waals surface area contributed by atoms with Crippen molar-refractivity contribution in [3.05, 3.63) is 35.4 Å². The highest BCUT2D eigenvalue weighted by Crippen LogP contribution is 2.30. The lowest BCUT2D eigenvalue weighted by Crippen LogP contribution is -2.37. The van der Waals surface area contributed by atoms with Gasteiger partial charge in [0.05, 0.1) is 0 Å². The second-order valence-electron chi connectivity index (χ2n) is 4.65. The maximum atomic E-state index is 13.1. The molecule has 0 aliphatic heterocycles. The van der Waals surface area contributed by atoms with E-state index >= 15 is 0 Å². The third kappa shape index (κ3) is 3.49. The van der Waals surface area contributed by atoms with Crippen molar-refractivity contribution in [2.24, 2.45) is 5.92 Å². The summed E-state index contributed by atoms with van der Waals surface area (Å²) in [7, 11) is 0. The molecule has 0 aromatic heterocycles. The van der Waals surface area contributed by atoms with Gasteiger partial charge in [-0.05, 0) is 37.0 Å². The van der Waals surface area contributed by atoms with E-state index in [1.54, 1.807) is 0 Å². The first-order chi connectivity index (χ1) is 8.97. The molecule has 0 saturated heterocycles. The Bertz CT molecular complexity index is 515. The summed E-state index contributed by atoms with van der Waals surface area (Å²) in [5, 5.41) is 8.78. The normalized spacial score (nSPS) is 14.2. The summed E-state index contributed by atoms with van der Waals surface area (Å²) in [5.41, 5.74) is -0.0409. The van der Waals surface area contributed by atoms with E-state index < -0.39 is 30.1 Å². The lowest BCUT2D eigenvalue weighted by molar-refractivity contribution is -0.137. The van der Waals surface area contributed by atoms with Gasteiger partial charge in [-0.1, -0.05) is 0 Å². The fourth-order valence-corrected chi connectivity index (χ4v) is 1.81. The van der Waals surface area contributed by atoms with Crippen LogP contribution in [-0.4, -0.2) is 35.0 Å². The van der Waals surface area contributed by atoms with Crippen LogP contribution in [0, 0.1) is 17.6 Å². The molecule has 1 aromatic carbocycles. The van der Waals surface area contributed by atoms with Crippen LogP contribution in [0.2, 0.25) is 0 Å². The van der Waals surface area contributed by atoms with E-state index in [1.807, 2.05) is 0 Å². The van der Waals surface area contributed by atoms with Gasteiger partial charge in [-0.3, -0.25) is 9.59 Å². The smallest absolute Gasteiger partial charge is 0.323 e. The molecule has 6 heteroatoms. The largest absolute Gasteiger partial charge is 0.480 e. The number of carboxylic acids is 1. The average molecular weight is 269 g/mol. The van der Waals surface area contributed by atoms with E-state index in [2.05, 4.69) is 0 Å². The molecule has 0 spiro atoms. The van der Waals surface area contributed by atoms with Crippen LogP contribution in [0.15, 0.2) is 18.2 Å². The molecule has 0 atom stereocenters. The number of amides is 1. The molecule has 1 aromatic rings. The van der Waals surface area contributed by atoms with Crippen molar-refractivity contribution in [3.63, 3.8) is 0 Å². The monoisotopic (exact) mass is 269 g/mol. The Balaban J connectivity index is 2.16. The number of carbonyl (C=O) groups excluding carboxylic acids is 1. The molecule has 1 aliphatic rings. The quantitative estimate of drug-likeness (QED) is 0.888. The summed E-state index contributed by atoms with van der Waals surface area (Å²) in [6.45, 7) is -0.0988. The van der Waals surface area contributed by atoms with Crippen LogP contribution in [0.5, 0.6) is 0 Å². The van der Waals surface area contributed by atoms with Crippen molar-refractivity contribution in [2.45, 2.75) is 12.8 Å². The number of aliphatic carboxylic acids is 1. The fraction of sp³-hybridized carbons (Fsp3) is 0.385. The minimum absolute atomic E-state index is 0.0409. The van der Waals surface area contributed by atoms with E-state index in [9.17, 15) is 18.4 Å². The zero-order valence-corrected chi connectivity index (χ0v) is 10.1. The molecule has 1 saturated carbocycles. The second-order valence-corrected chi connectivity index (χ2v) is 4.65. The van der Waals surface area contributed by atoms with Crippen molar-refractivity contribution in [1.29, 1.82) is 0 Å². The topological polar surface area (TPSA) is 57.6 Å². The molecule has 19 heavy (non-hydrogen) atoms.